The topological polar surface area (TPSA) is 50.7 Å². The second-order valence-corrected chi connectivity index (χ2v) is 5.78. The zero-order valence-electron chi connectivity index (χ0n) is 12.1. The number of nitrogens with one attached hydrogen (secondary N) is 1. The number of aliphatic hydroxyl groups is 1. The molecule has 1 aliphatic carbocycles. The summed E-state index contributed by atoms with van der Waals surface area (Å²) in [6.45, 7) is 4.98. The second kappa shape index (κ2) is 5.39. The molecule has 1 aromatic carbocycles. The molecule has 0 aromatic heterocycles. The molecule has 0 bridgehead atoms. The number of hydrogen-bond acceptors (Lipinski definition) is 4. The van der Waals surface area contributed by atoms with Gasteiger partial charge >= 0.3 is 0 Å². The lowest BCUT2D eigenvalue weighted by Crippen LogP contribution is -2.26. The minimum atomic E-state index is -0.596. The van der Waals surface area contributed by atoms with Crippen LogP contribution in [0.3, 0.4) is 0 Å². The van der Waals surface area contributed by atoms with Crippen LogP contribution in [-0.4, -0.2) is 31.9 Å². The van der Waals surface area contributed by atoms with Gasteiger partial charge in [-0.1, -0.05) is 13.8 Å². The van der Waals surface area contributed by atoms with Gasteiger partial charge in [0.25, 0.3) is 0 Å². The van der Waals surface area contributed by atoms with Crippen LogP contribution < -0.4 is 14.8 Å². The third-order valence-corrected chi connectivity index (χ3v) is 3.87. The Morgan fingerprint density at radius 2 is 2.05 bits per heavy atom. The van der Waals surface area contributed by atoms with Crippen molar-refractivity contribution < 1.29 is 14.6 Å². The SMILES string of the molecule is COc1ccc(OC)c(C(O)CNC2CC2(C)C)c1. The Morgan fingerprint density at radius 1 is 1.37 bits per heavy atom. The van der Waals surface area contributed by atoms with Gasteiger partial charge in [0.2, 0.25) is 0 Å². The molecule has 0 aliphatic heterocycles. The van der Waals surface area contributed by atoms with E-state index in [-0.39, 0.29) is 0 Å². The van der Waals surface area contributed by atoms with Crippen LogP contribution in [0.5, 0.6) is 11.5 Å². The van der Waals surface area contributed by atoms with E-state index in [2.05, 4.69) is 19.2 Å². The molecule has 1 fully saturated rings. The fraction of sp³-hybridized carbons (Fsp3) is 0.600. The first-order valence-corrected chi connectivity index (χ1v) is 6.61. The maximum Gasteiger partial charge on any atom is 0.124 e. The number of rotatable bonds is 6. The van der Waals surface area contributed by atoms with Crippen molar-refractivity contribution in [2.75, 3.05) is 20.8 Å². The van der Waals surface area contributed by atoms with Gasteiger partial charge in [0.05, 0.1) is 20.3 Å². The van der Waals surface area contributed by atoms with Crippen LogP contribution in [0.4, 0.5) is 0 Å². The third kappa shape index (κ3) is 3.19. The summed E-state index contributed by atoms with van der Waals surface area (Å²) in [6.07, 6.45) is 0.566. The highest BCUT2D eigenvalue weighted by atomic mass is 16.5. The summed E-state index contributed by atoms with van der Waals surface area (Å²) in [5, 5.41) is 13.7. The van der Waals surface area contributed by atoms with Crippen LogP contribution in [-0.2, 0) is 0 Å². The lowest BCUT2D eigenvalue weighted by atomic mass is 10.1. The molecule has 0 heterocycles. The minimum Gasteiger partial charge on any atom is -0.497 e. The minimum absolute atomic E-state index is 0.359. The van der Waals surface area contributed by atoms with Crippen LogP contribution in [0.15, 0.2) is 18.2 Å². The van der Waals surface area contributed by atoms with Crippen molar-refractivity contribution in [1.29, 1.82) is 0 Å². The summed E-state index contributed by atoms with van der Waals surface area (Å²) in [7, 11) is 3.22. The van der Waals surface area contributed by atoms with Gasteiger partial charge in [0.1, 0.15) is 11.5 Å². The highest BCUT2D eigenvalue weighted by molar-refractivity contribution is 5.41. The van der Waals surface area contributed by atoms with Gasteiger partial charge < -0.3 is 19.9 Å². The van der Waals surface area contributed by atoms with Crippen LogP contribution in [0.2, 0.25) is 0 Å². The smallest absolute Gasteiger partial charge is 0.124 e. The van der Waals surface area contributed by atoms with Crippen LogP contribution in [0, 0.1) is 5.41 Å². The molecule has 106 valence electrons. The van der Waals surface area contributed by atoms with E-state index in [0.717, 1.165) is 17.7 Å². The molecule has 1 aliphatic rings. The number of benzene rings is 1. The largest absolute Gasteiger partial charge is 0.497 e. The van der Waals surface area contributed by atoms with Crippen molar-refractivity contribution in [2.45, 2.75) is 32.4 Å². The normalized spacial score (nSPS) is 21.8. The van der Waals surface area contributed by atoms with E-state index < -0.39 is 6.10 Å². The van der Waals surface area contributed by atoms with E-state index in [1.54, 1.807) is 14.2 Å². The Kier molecular flexibility index (Phi) is 4.02. The van der Waals surface area contributed by atoms with Crippen LogP contribution in [0.1, 0.15) is 31.9 Å². The molecule has 19 heavy (non-hydrogen) atoms. The fourth-order valence-electron chi connectivity index (χ4n) is 2.28. The van der Waals surface area contributed by atoms with Gasteiger partial charge in [-0.05, 0) is 30.0 Å². The van der Waals surface area contributed by atoms with Crippen molar-refractivity contribution in [3.05, 3.63) is 23.8 Å². The van der Waals surface area contributed by atoms with Crippen molar-refractivity contribution in [2.24, 2.45) is 5.41 Å². The monoisotopic (exact) mass is 265 g/mol. The molecule has 0 amide bonds. The van der Waals surface area contributed by atoms with E-state index >= 15 is 0 Å². The Hall–Kier alpha value is -1.26. The third-order valence-electron chi connectivity index (χ3n) is 3.87. The summed E-state index contributed by atoms with van der Waals surface area (Å²) in [5.74, 6) is 1.41. The van der Waals surface area contributed by atoms with Crippen LogP contribution in [0.25, 0.3) is 0 Å². The van der Waals surface area contributed by atoms with E-state index in [0.29, 0.717) is 23.8 Å². The Balaban J connectivity index is 2.02. The molecule has 2 rings (SSSR count). The first kappa shape index (κ1) is 14.2. The fourth-order valence-corrected chi connectivity index (χ4v) is 2.28. The summed E-state index contributed by atoms with van der Waals surface area (Å²) in [6, 6.07) is 5.97. The number of ether oxygens (including phenoxy) is 2. The molecular weight excluding hydrogens is 242 g/mol. The van der Waals surface area contributed by atoms with Gasteiger partial charge in [-0.15, -0.1) is 0 Å². The number of aliphatic hydroxyl groups excluding tert-OH is 1. The Morgan fingerprint density at radius 3 is 2.58 bits per heavy atom. The average Bonchev–Trinajstić information content (AvgIpc) is 3.02. The van der Waals surface area contributed by atoms with Gasteiger partial charge in [-0.3, -0.25) is 0 Å². The molecule has 2 N–H and O–H groups in total. The molecular formula is C15H23NO3. The first-order valence-electron chi connectivity index (χ1n) is 6.61. The van der Waals surface area contributed by atoms with Gasteiger partial charge in [0.15, 0.2) is 0 Å². The van der Waals surface area contributed by atoms with Crippen molar-refractivity contribution >= 4 is 0 Å². The standard InChI is InChI=1S/C15H23NO3/c1-15(2)8-14(15)16-9-12(17)11-7-10(18-3)5-6-13(11)19-4/h5-7,12,14,16-17H,8-9H2,1-4H3. The maximum atomic E-state index is 10.3. The summed E-state index contributed by atoms with van der Waals surface area (Å²) >= 11 is 0. The summed E-state index contributed by atoms with van der Waals surface area (Å²) < 4.78 is 10.5. The lowest BCUT2D eigenvalue weighted by molar-refractivity contribution is 0.168. The molecule has 1 aromatic rings. The lowest BCUT2D eigenvalue weighted by Gasteiger charge is -2.17. The molecule has 2 atom stereocenters. The van der Waals surface area contributed by atoms with Crippen molar-refractivity contribution in [3.8, 4) is 11.5 Å². The van der Waals surface area contributed by atoms with Gasteiger partial charge in [0, 0.05) is 18.2 Å². The predicted octanol–water partition coefficient (Wildman–Crippen LogP) is 2.13. The average molecular weight is 265 g/mol. The van der Waals surface area contributed by atoms with Gasteiger partial charge in [-0.25, -0.2) is 0 Å². The Labute approximate surface area is 114 Å². The molecule has 0 saturated heterocycles. The molecule has 0 radical (unpaired) electrons. The summed E-state index contributed by atoms with van der Waals surface area (Å²) in [5.41, 5.74) is 1.12. The molecule has 4 heteroatoms. The van der Waals surface area contributed by atoms with Gasteiger partial charge in [-0.2, -0.15) is 0 Å². The highest BCUT2D eigenvalue weighted by Crippen LogP contribution is 2.44. The van der Waals surface area contributed by atoms with Crippen molar-refractivity contribution in [1.82, 2.24) is 5.32 Å². The molecule has 2 unspecified atom stereocenters. The summed E-state index contributed by atoms with van der Waals surface area (Å²) in [4.78, 5) is 0. The van der Waals surface area contributed by atoms with E-state index in [1.807, 2.05) is 18.2 Å². The molecule has 0 spiro atoms. The number of hydrogen-bond donors (Lipinski definition) is 2. The van der Waals surface area contributed by atoms with E-state index in [9.17, 15) is 5.11 Å². The van der Waals surface area contributed by atoms with E-state index in [4.69, 9.17) is 9.47 Å². The zero-order valence-corrected chi connectivity index (χ0v) is 12.1. The quantitative estimate of drug-likeness (QED) is 0.827. The Bertz CT molecular complexity index is 445. The zero-order chi connectivity index (χ0) is 14.0. The second-order valence-electron chi connectivity index (χ2n) is 5.78. The van der Waals surface area contributed by atoms with E-state index in [1.165, 1.54) is 0 Å². The van der Waals surface area contributed by atoms with Crippen LogP contribution >= 0.6 is 0 Å². The first-order chi connectivity index (χ1) is 8.97. The molecule has 4 nitrogen and oxygen atoms in total. The van der Waals surface area contributed by atoms with Crippen molar-refractivity contribution in [3.63, 3.8) is 0 Å². The predicted molar refractivity (Wildman–Crippen MR) is 74.7 cm³/mol. The number of methoxy groups -OCH3 is 2. The maximum absolute atomic E-state index is 10.3. The molecule has 1 saturated carbocycles. The highest BCUT2D eigenvalue weighted by Gasteiger charge is 2.45.